The molecule has 0 unspecified atom stereocenters. The van der Waals surface area contributed by atoms with Gasteiger partial charge in [0.05, 0.1) is 12.1 Å². The van der Waals surface area contributed by atoms with Gasteiger partial charge in [0.2, 0.25) is 5.91 Å². The van der Waals surface area contributed by atoms with Crippen LogP contribution in [-0.2, 0) is 11.3 Å². The van der Waals surface area contributed by atoms with Gasteiger partial charge in [-0.25, -0.2) is 8.78 Å². The highest BCUT2D eigenvalue weighted by Gasteiger charge is 2.14. The number of anilines is 1. The van der Waals surface area contributed by atoms with Crippen LogP contribution >= 0.6 is 0 Å². The number of hydrogen-bond donors (Lipinski definition) is 3. The molecule has 0 atom stereocenters. The van der Waals surface area contributed by atoms with E-state index in [4.69, 9.17) is 4.74 Å². The first-order valence-electron chi connectivity index (χ1n) is 8.02. The molecule has 1 aliphatic heterocycles. The molecule has 2 amide bonds. The molecule has 2 aromatic rings. The molecule has 0 aliphatic carbocycles. The summed E-state index contributed by atoms with van der Waals surface area (Å²) in [6.45, 7) is 1.59. The molecule has 8 heteroatoms. The van der Waals surface area contributed by atoms with Gasteiger partial charge in [0, 0.05) is 30.4 Å². The van der Waals surface area contributed by atoms with Crippen LogP contribution in [0.1, 0.15) is 15.9 Å². The molecule has 26 heavy (non-hydrogen) atoms. The third kappa shape index (κ3) is 4.34. The van der Waals surface area contributed by atoms with Crippen molar-refractivity contribution in [2.75, 3.05) is 25.0 Å². The van der Waals surface area contributed by atoms with Crippen molar-refractivity contribution in [3.8, 4) is 5.75 Å². The van der Waals surface area contributed by atoms with Crippen molar-refractivity contribution in [3.05, 3.63) is 59.2 Å². The minimum atomic E-state index is -0.985. The minimum absolute atomic E-state index is 0.326. The van der Waals surface area contributed by atoms with Crippen LogP contribution in [0, 0.1) is 11.6 Å². The maximum atomic E-state index is 13.5. The second-order valence-electron chi connectivity index (χ2n) is 5.70. The molecule has 3 N–H and O–H groups in total. The van der Waals surface area contributed by atoms with Crippen molar-refractivity contribution in [1.82, 2.24) is 10.6 Å². The molecule has 3 rings (SSSR count). The van der Waals surface area contributed by atoms with Gasteiger partial charge in [-0.3, -0.25) is 9.59 Å². The van der Waals surface area contributed by atoms with Crippen LogP contribution in [0.2, 0.25) is 0 Å². The molecule has 1 aliphatic rings. The van der Waals surface area contributed by atoms with Gasteiger partial charge in [-0.15, -0.1) is 0 Å². The van der Waals surface area contributed by atoms with E-state index in [0.717, 1.165) is 30.0 Å². The Morgan fingerprint density at radius 2 is 2.00 bits per heavy atom. The largest absolute Gasteiger partial charge is 0.492 e. The lowest BCUT2D eigenvalue weighted by molar-refractivity contribution is -0.115. The summed E-state index contributed by atoms with van der Waals surface area (Å²) in [6.07, 6.45) is 0. The summed E-state index contributed by atoms with van der Waals surface area (Å²) in [5.74, 6) is -2.27. The highest BCUT2D eigenvalue weighted by atomic mass is 19.1. The van der Waals surface area contributed by atoms with Crippen molar-refractivity contribution in [2.45, 2.75) is 6.54 Å². The van der Waals surface area contributed by atoms with Gasteiger partial charge in [-0.1, -0.05) is 0 Å². The quantitative estimate of drug-likeness (QED) is 0.776. The van der Waals surface area contributed by atoms with E-state index in [-0.39, 0.29) is 12.1 Å². The van der Waals surface area contributed by atoms with Gasteiger partial charge in [-0.05, 0) is 30.3 Å². The van der Waals surface area contributed by atoms with Crippen LogP contribution in [0.15, 0.2) is 36.4 Å². The average Bonchev–Trinajstić information content (AvgIpc) is 2.84. The summed E-state index contributed by atoms with van der Waals surface area (Å²) < 4.78 is 32.0. The molecule has 0 radical (unpaired) electrons. The number of nitrogens with one attached hydrogen (secondary N) is 3. The van der Waals surface area contributed by atoms with E-state index in [2.05, 4.69) is 16.0 Å². The Morgan fingerprint density at radius 1 is 1.15 bits per heavy atom. The first kappa shape index (κ1) is 17.8. The van der Waals surface area contributed by atoms with Gasteiger partial charge in [0.25, 0.3) is 5.91 Å². The molecule has 136 valence electrons. The Morgan fingerprint density at radius 3 is 2.81 bits per heavy atom. The van der Waals surface area contributed by atoms with Crippen LogP contribution in [0.4, 0.5) is 14.5 Å². The van der Waals surface area contributed by atoms with Gasteiger partial charge < -0.3 is 20.7 Å². The number of halogens is 2. The topological polar surface area (TPSA) is 79.5 Å². The lowest BCUT2D eigenvalue weighted by atomic mass is 10.1. The standard InChI is InChI=1S/C18H17F2N3O3/c19-12-1-3-14(15(20)8-12)18(25)22-10-17(24)23-13-2-4-16-11(7-13)9-21-5-6-26-16/h1-4,7-8,21H,5-6,9-10H2,(H,22,25)(H,23,24). The predicted octanol–water partition coefficient (Wildman–Crippen LogP) is 1.82. The van der Waals surface area contributed by atoms with E-state index >= 15 is 0 Å². The van der Waals surface area contributed by atoms with Crippen LogP contribution in [0.25, 0.3) is 0 Å². The zero-order valence-electron chi connectivity index (χ0n) is 13.8. The van der Waals surface area contributed by atoms with E-state index in [1.807, 2.05) is 0 Å². The first-order chi connectivity index (χ1) is 12.5. The Labute approximate surface area is 148 Å². The number of carbonyl (C=O) groups is 2. The smallest absolute Gasteiger partial charge is 0.254 e. The Hall–Kier alpha value is -3.00. The maximum Gasteiger partial charge on any atom is 0.254 e. The minimum Gasteiger partial charge on any atom is -0.492 e. The van der Waals surface area contributed by atoms with E-state index < -0.39 is 23.4 Å². The zero-order valence-corrected chi connectivity index (χ0v) is 13.8. The fraction of sp³-hybridized carbons (Fsp3) is 0.222. The summed E-state index contributed by atoms with van der Waals surface area (Å²) in [5, 5.41) is 8.15. The summed E-state index contributed by atoms with van der Waals surface area (Å²) in [6, 6.07) is 7.86. The average molecular weight is 361 g/mol. The number of amides is 2. The molecule has 1 heterocycles. The van der Waals surface area contributed by atoms with Crippen LogP contribution in [0.3, 0.4) is 0 Å². The van der Waals surface area contributed by atoms with Crippen LogP contribution < -0.4 is 20.7 Å². The third-order valence-corrected chi connectivity index (χ3v) is 3.78. The Bertz CT molecular complexity index is 842. The highest BCUT2D eigenvalue weighted by Crippen LogP contribution is 2.24. The Kier molecular flexibility index (Phi) is 5.43. The lowest BCUT2D eigenvalue weighted by Crippen LogP contribution is -2.33. The van der Waals surface area contributed by atoms with E-state index in [1.54, 1.807) is 18.2 Å². The normalized spacial score (nSPS) is 13.2. The van der Waals surface area contributed by atoms with Crippen LogP contribution in [-0.4, -0.2) is 31.5 Å². The molecule has 0 bridgehead atoms. The summed E-state index contributed by atoms with van der Waals surface area (Å²) in [7, 11) is 0. The second kappa shape index (κ2) is 7.92. The van der Waals surface area contributed by atoms with Crippen molar-refractivity contribution >= 4 is 17.5 Å². The number of hydrogen-bond acceptors (Lipinski definition) is 4. The summed E-state index contributed by atoms with van der Waals surface area (Å²) in [4.78, 5) is 23.9. The lowest BCUT2D eigenvalue weighted by Gasteiger charge is -2.11. The number of fused-ring (bicyclic) bond motifs is 1. The molecular weight excluding hydrogens is 344 g/mol. The van der Waals surface area contributed by atoms with Gasteiger partial charge in [0.15, 0.2) is 0 Å². The molecular formula is C18H17F2N3O3. The predicted molar refractivity (Wildman–Crippen MR) is 91.0 cm³/mol. The number of benzene rings is 2. The van der Waals surface area contributed by atoms with E-state index in [1.165, 1.54) is 0 Å². The van der Waals surface area contributed by atoms with Crippen molar-refractivity contribution in [1.29, 1.82) is 0 Å². The fourth-order valence-corrected chi connectivity index (χ4v) is 2.53. The van der Waals surface area contributed by atoms with Crippen molar-refractivity contribution in [3.63, 3.8) is 0 Å². The molecule has 6 nitrogen and oxygen atoms in total. The number of ether oxygens (including phenoxy) is 1. The SMILES string of the molecule is O=C(CNC(=O)c1ccc(F)cc1F)Nc1ccc2c(c1)CNCCO2. The third-order valence-electron chi connectivity index (χ3n) is 3.78. The van der Waals surface area contributed by atoms with Crippen molar-refractivity contribution in [2.24, 2.45) is 0 Å². The first-order valence-corrected chi connectivity index (χ1v) is 8.02. The molecule has 0 saturated heterocycles. The maximum absolute atomic E-state index is 13.5. The van der Waals surface area contributed by atoms with Gasteiger partial charge in [0.1, 0.15) is 24.0 Å². The van der Waals surface area contributed by atoms with Gasteiger partial charge >= 0.3 is 0 Å². The molecule has 0 aromatic heterocycles. The molecule has 0 spiro atoms. The monoisotopic (exact) mass is 361 g/mol. The van der Waals surface area contributed by atoms with Gasteiger partial charge in [-0.2, -0.15) is 0 Å². The summed E-state index contributed by atoms with van der Waals surface area (Å²) in [5.41, 5.74) is 1.15. The zero-order chi connectivity index (χ0) is 18.5. The van der Waals surface area contributed by atoms with Crippen LogP contribution in [0.5, 0.6) is 5.75 Å². The Balaban J connectivity index is 1.57. The fourth-order valence-electron chi connectivity index (χ4n) is 2.53. The molecule has 2 aromatic carbocycles. The van der Waals surface area contributed by atoms with E-state index in [9.17, 15) is 18.4 Å². The summed E-state index contributed by atoms with van der Waals surface area (Å²) >= 11 is 0. The highest BCUT2D eigenvalue weighted by molar-refractivity contribution is 5.99. The molecule has 0 saturated carbocycles. The van der Waals surface area contributed by atoms with E-state index in [0.29, 0.717) is 24.9 Å². The molecule has 0 fully saturated rings. The van der Waals surface area contributed by atoms with Crippen molar-refractivity contribution < 1.29 is 23.1 Å². The second-order valence-corrected chi connectivity index (χ2v) is 5.70. The number of carbonyl (C=O) groups excluding carboxylic acids is 2. The number of rotatable bonds is 4.